The number of carbonyl (C=O) groups excluding carboxylic acids is 3. The molecular formula is C8H11ClN4O4. The quantitative estimate of drug-likeness (QED) is 0.334. The number of amides is 3. The number of hydrogen-bond acceptors (Lipinski definition) is 5. The van der Waals surface area contributed by atoms with Crippen LogP contribution in [-0.2, 0) is 9.59 Å². The van der Waals surface area contributed by atoms with Gasteiger partial charge in [0, 0.05) is 25.4 Å². The van der Waals surface area contributed by atoms with Crippen molar-refractivity contribution in [3.63, 3.8) is 0 Å². The van der Waals surface area contributed by atoms with Crippen LogP contribution in [0.5, 0.6) is 0 Å². The van der Waals surface area contributed by atoms with Crippen molar-refractivity contribution in [1.29, 1.82) is 0 Å². The van der Waals surface area contributed by atoms with Crippen molar-refractivity contribution in [3.8, 4) is 0 Å². The van der Waals surface area contributed by atoms with E-state index in [0.29, 0.717) is 11.5 Å². The number of nitrogens with one attached hydrogen (secondary N) is 1. The normalized spacial score (nSPS) is 15.7. The summed E-state index contributed by atoms with van der Waals surface area (Å²) in [5.41, 5.74) is 0. The molecule has 0 aromatic rings. The lowest BCUT2D eigenvalue weighted by molar-refractivity contribution is -0.157. The van der Waals surface area contributed by atoms with E-state index < -0.39 is 17.7 Å². The Morgan fingerprint density at radius 3 is 2.82 bits per heavy atom. The summed E-state index contributed by atoms with van der Waals surface area (Å²) < 4.78 is 0. The highest BCUT2D eigenvalue weighted by Crippen LogP contribution is 2.11. The van der Waals surface area contributed by atoms with Crippen LogP contribution in [0.1, 0.15) is 12.8 Å². The summed E-state index contributed by atoms with van der Waals surface area (Å²) in [6.07, 6.45) is 0.505. The summed E-state index contributed by atoms with van der Waals surface area (Å²) >= 11 is 5.35. The number of hydrazine groups is 1. The molecule has 1 aliphatic rings. The zero-order chi connectivity index (χ0) is 12.8. The minimum absolute atomic E-state index is 0.102. The molecule has 0 saturated carbocycles. The lowest BCUT2D eigenvalue weighted by atomic mass is 10.1. The molecule has 0 aromatic heterocycles. The van der Waals surface area contributed by atoms with Crippen LogP contribution in [0, 0.1) is 4.91 Å². The molecule has 1 heterocycles. The van der Waals surface area contributed by atoms with Crippen molar-refractivity contribution >= 4 is 29.3 Å². The highest BCUT2D eigenvalue weighted by Gasteiger charge is 2.34. The summed E-state index contributed by atoms with van der Waals surface area (Å²) in [6, 6.07) is -0.885. The van der Waals surface area contributed by atoms with E-state index in [1.165, 1.54) is 0 Å². The van der Waals surface area contributed by atoms with Gasteiger partial charge in [0.1, 0.15) is 0 Å². The van der Waals surface area contributed by atoms with Gasteiger partial charge in [0.15, 0.2) is 0 Å². The first-order chi connectivity index (χ1) is 8.11. The second-order valence-corrected chi connectivity index (χ2v) is 3.62. The minimum Gasteiger partial charge on any atom is -0.334 e. The molecular weight excluding hydrogens is 252 g/mol. The fraction of sp³-hybridized carbons (Fsp3) is 0.625. The van der Waals surface area contributed by atoms with Crippen LogP contribution >= 0.6 is 11.6 Å². The zero-order valence-corrected chi connectivity index (χ0v) is 9.64. The summed E-state index contributed by atoms with van der Waals surface area (Å²) in [7, 11) is 0. The van der Waals surface area contributed by atoms with Gasteiger partial charge in [-0.15, -0.1) is 16.5 Å². The van der Waals surface area contributed by atoms with Crippen LogP contribution in [0.25, 0.3) is 0 Å². The van der Waals surface area contributed by atoms with Crippen LogP contribution in [0.3, 0.4) is 0 Å². The van der Waals surface area contributed by atoms with Crippen molar-refractivity contribution in [2.24, 2.45) is 5.29 Å². The number of urea groups is 1. The number of halogens is 1. The van der Waals surface area contributed by atoms with Gasteiger partial charge in [0.25, 0.3) is 0 Å². The fourth-order valence-electron chi connectivity index (χ4n) is 1.34. The van der Waals surface area contributed by atoms with Gasteiger partial charge in [0.05, 0.1) is 5.29 Å². The predicted molar refractivity (Wildman–Crippen MR) is 57.7 cm³/mol. The topological polar surface area (TPSA) is 99.2 Å². The van der Waals surface area contributed by atoms with Crippen molar-refractivity contribution in [1.82, 2.24) is 15.4 Å². The zero-order valence-electron chi connectivity index (χ0n) is 8.89. The Kier molecular flexibility index (Phi) is 4.83. The maximum absolute atomic E-state index is 11.4. The second-order valence-electron chi connectivity index (χ2n) is 3.25. The Hall–Kier alpha value is -1.70. The molecule has 0 spiro atoms. The van der Waals surface area contributed by atoms with Gasteiger partial charge in [-0.3, -0.25) is 9.59 Å². The SMILES string of the molecule is O=NN(C(=O)NCCCl)N1CCCC(=O)C1=O. The van der Waals surface area contributed by atoms with Gasteiger partial charge in [-0.2, -0.15) is 0 Å². The molecule has 0 aromatic carbocycles. The lowest BCUT2D eigenvalue weighted by Gasteiger charge is -2.29. The smallest absolute Gasteiger partial charge is 0.334 e. The number of nitroso groups, excluding NO2 is 1. The number of carbonyl (C=O) groups is 3. The Labute approximate surface area is 102 Å². The third-order valence-electron chi connectivity index (χ3n) is 2.11. The van der Waals surface area contributed by atoms with Gasteiger partial charge in [-0.25, -0.2) is 9.80 Å². The first kappa shape index (κ1) is 13.4. The average molecular weight is 263 g/mol. The molecule has 1 N–H and O–H groups in total. The maximum atomic E-state index is 11.4. The number of piperidine rings is 1. The molecule has 94 valence electrons. The summed E-state index contributed by atoms with van der Waals surface area (Å²) in [5, 5.41) is 5.74. The van der Waals surface area contributed by atoms with E-state index in [4.69, 9.17) is 11.6 Å². The van der Waals surface area contributed by atoms with Crippen LogP contribution in [0.4, 0.5) is 4.79 Å². The van der Waals surface area contributed by atoms with Crippen molar-refractivity contribution in [2.75, 3.05) is 19.0 Å². The van der Waals surface area contributed by atoms with Gasteiger partial charge in [-0.1, -0.05) is 5.12 Å². The largest absolute Gasteiger partial charge is 0.360 e. The first-order valence-electron chi connectivity index (χ1n) is 4.93. The molecule has 0 radical (unpaired) electrons. The van der Waals surface area contributed by atoms with Gasteiger partial charge in [-0.05, 0) is 6.42 Å². The van der Waals surface area contributed by atoms with Gasteiger partial charge < -0.3 is 5.32 Å². The van der Waals surface area contributed by atoms with E-state index in [1.54, 1.807) is 0 Å². The Bertz CT molecular complexity index is 348. The van der Waals surface area contributed by atoms with E-state index in [1.807, 2.05) is 0 Å². The molecule has 0 bridgehead atoms. The first-order valence-corrected chi connectivity index (χ1v) is 5.47. The van der Waals surface area contributed by atoms with Crippen molar-refractivity contribution in [2.45, 2.75) is 12.8 Å². The van der Waals surface area contributed by atoms with Crippen molar-refractivity contribution in [3.05, 3.63) is 4.91 Å². The molecule has 0 atom stereocenters. The molecule has 1 fully saturated rings. The number of hydrogen-bond donors (Lipinski definition) is 1. The van der Waals surface area contributed by atoms with Gasteiger partial charge >= 0.3 is 11.9 Å². The third-order valence-corrected chi connectivity index (χ3v) is 2.29. The Morgan fingerprint density at radius 1 is 1.53 bits per heavy atom. The molecule has 3 amide bonds. The molecule has 0 unspecified atom stereocenters. The summed E-state index contributed by atoms with van der Waals surface area (Å²) in [5.74, 6) is -1.39. The maximum Gasteiger partial charge on any atom is 0.360 e. The predicted octanol–water partition coefficient (Wildman–Crippen LogP) is 0.0247. The molecule has 0 aliphatic carbocycles. The van der Waals surface area contributed by atoms with Crippen molar-refractivity contribution < 1.29 is 14.4 Å². The number of alkyl halides is 1. The number of rotatable bonds is 4. The Balaban J connectivity index is 2.72. The molecule has 1 rings (SSSR count). The molecule has 1 saturated heterocycles. The molecule has 8 nitrogen and oxygen atoms in total. The molecule has 1 aliphatic heterocycles. The highest BCUT2D eigenvalue weighted by molar-refractivity contribution is 6.36. The van der Waals surface area contributed by atoms with E-state index >= 15 is 0 Å². The van der Waals surface area contributed by atoms with Crippen LogP contribution in [0.15, 0.2) is 5.29 Å². The fourth-order valence-corrected chi connectivity index (χ4v) is 1.43. The second kappa shape index (κ2) is 6.14. The number of Topliss-reactive ketones (excluding diaryl/α,β-unsaturated/α-hetero) is 1. The minimum atomic E-state index is -0.906. The van der Waals surface area contributed by atoms with Crippen LogP contribution in [-0.4, -0.2) is 46.8 Å². The van der Waals surface area contributed by atoms with Gasteiger partial charge in [0.2, 0.25) is 5.78 Å². The summed E-state index contributed by atoms with van der Waals surface area (Å²) in [6.45, 7) is 0.229. The van der Waals surface area contributed by atoms with E-state index in [-0.39, 0.29) is 25.4 Å². The Morgan fingerprint density at radius 2 is 2.24 bits per heavy atom. The lowest BCUT2D eigenvalue weighted by Crippen LogP contribution is -2.54. The van der Waals surface area contributed by atoms with Crippen LogP contribution in [0.2, 0.25) is 0 Å². The van der Waals surface area contributed by atoms with Crippen LogP contribution < -0.4 is 5.32 Å². The molecule has 9 heteroatoms. The monoisotopic (exact) mass is 262 g/mol. The third kappa shape index (κ3) is 3.13. The number of nitrogens with zero attached hydrogens (tertiary/aromatic N) is 3. The molecule has 17 heavy (non-hydrogen) atoms. The van der Waals surface area contributed by atoms with E-state index in [2.05, 4.69) is 10.6 Å². The standard InChI is InChI=1S/C8H11ClN4O4/c9-3-4-10-8(16)13(11-17)12-5-1-2-6(14)7(12)15/h1-5H2,(H,10,16). The number of ketones is 1. The van der Waals surface area contributed by atoms with E-state index in [9.17, 15) is 19.3 Å². The van der Waals surface area contributed by atoms with E-state index in [0.717, 1.165) is 5.01 Å². The highest BCUT2D eigenvalue weighted by atomic mass is 35.5. The summed E-state index contributed by atoms with van der Waals surface area (Å²) in [4.78, 5) is 44.6. The average Bonchev–Trinajstić information content (AvgIpc) is 2.32.